The number of carbonyl (C=O) groups excluding carboxylic acids is 1. The van der Waals surface area contributed by atoms with Gasteiger partial charge < -0.3 is 5.73 Å². The Hall–Kier alpha value is -0.790. The van der Waals surface area contributed by atoms with Gasteiger partial charge >= 0.3 is 0 Å². The lowest BCUT2D eigenvalue weighted by molar-refractivity contribution is -0.129. The molecule has 12 heavy (non-hydrogen) atoms. The molecular weight excluding hydrogens is 150 g/mol. The van der Waals surface area contributed by atoms with Crippen molar-refractivity contribution in [1.29, 1.82) is 0 Å². The molecule has 1 fully saturated rings. The Balaban J connectivity index is 2.31. The Morgan fingerprint density at radius 2 is 2.42 bits per heavy atom. The first-order chi connectivity index (χ1) is 5.69. The van der Waals surface area contributed by atoms with E-state index < -0.39 is 0 Å². The first-order valence-corrected chi connectivity index (χ1v) is 4.67. The summed E-state index contributed by atoms with van der Waals surface area (Å²) in [5.41, 5.74) is 5.26. The number of rotatable bonds is 2. The lowest BCUT2D eigenvalue weighted by atomic mass is 9.73. The summed E-state index contributed by atoms with van der Waals surface area (Å²) < 4.78 is 0. The minimum absolute atomic E-state index is 0.0955. The lowest BCUT2D eigenvalue weighted by Gasteiger charge is -2.30. The summed E-state index contributed by atoms with van der Waals surface area (Å²) in [6.45, 7) is 2.07. The minimum Gasteiger partial charge on any atom is -0.369 e. The molecule has 0 heterocycles. The maximum Gasteiger partial charge on any atom is 0.224 e. The maximum atomic E-state index is 11.3. The topological polar surface area (TPSA) is 43.1 Å². The van der Waals surface area contributed by atoms with Crippen molar-refractivity contribution in [2.75, 3.05) is 0 Å². The number of nitrogens with two attached hydrogens (primary N) is 1. The Bertz CT molecular complexity index is 246. The van der Waals surface area contributed by atoms with Crippen LogP contribution in [-0.4, -0.2) is 5.91 Å². The zero-order valence-electron chi connectivity index (χ0n) is 7.42. The molecule has 0 aliphatic heterocycles. The molecule has 0 spiro atoms. The molecule has 0 radical (unpaired) electrons. The van der Waals surface area contributed by atoms with Crippen molar-refractivity contribution in [2.24, 2.45) is 23.0 Å². The molecule has 0 aromatic carbocycles. The molecule has 66 valence electrons. The van der Waals surface area contributed by atoms with Crippen molar-refractivity contribution in [3.63, 3.8) is 0 Å². The summed E-state index contributed by atoms with van der Waals surface area (Å²) >= 11 is 0. The van der Waals surface area contributed by atoms with E-state index in [4.69, 9.17) is 5.73 Å². The highest BCUT2D eigenvalue weighted by Crippen LogP contribution is 2.53. The standard InChI is InChI=1S/C10H15NO/c1-2-10(9(11)12)6-7-3-4-8(10)5-7/h3-4,7-8H,2,5-6H2,1H3,(H2,11,12)/t7-,8+,10-/m0/s1. The second kappa shape index (κ2) is 2.35. The van der Waals surface area contributed by atoms with E-state index in [1.165, 1.54) is 0 Å². The van der Waals surface area contributed by atoms with E-state index in [0.717, 1.165) is 19.3 Å². The SMILES string of the molecule is CC[C@]1(C(N)=O)C[C@H]2C=C[C@@H]1C2. The number of fused-ring (bicyclic) bond motifs is 2. The minimum atomic E-state index is -0.195. The normalized spacial score (nSPS) is 43.8. The van der Waals surface area contributed by atoms with Gasteiger partial charge in [0, 0.05) is 0 Å². The second-order valence-electron chi connectivity index (χ2n) is 4.07. The van der Waals surface area contributed by atoms with Gasteiger partial charge in [0.05, 0.1) is 5.41 Å². The fraction of sp³-hybridized carbons (Fsp3) is 0.700. The number of amides is 1. The molecule has 0 saturated heterocycles. The van der Waals surface area contributed by atoms with Crippen molar-refractivity contribution >= 4 is 5.91 Å². The zero-order chi connectivity index (χ0) is 8.77. The number of hydrogen-bond donors (Lipinski definition) is 1. The molecule has 3 atom stereocenters. The molecule has 2 aliphatic rings. The van der Waals surface area contributed by atoms with Crippen LogP contribution in [0, 0.1) is 17.3 Å². The van der Waals surface area contributed by atoms with E-state index in [1.807, 2.05) is 0 Å². The van der Waals surface area contributed by atoms with Crippen molar-refractivity contribution in [1.82, 2.24) is 0 Å². The van der Waals surface area contributed by atoms with Crippen LogP contribution < -0.4 is 5.73 Å². The number of primary amides is 1. The Morgan fingerprint density at radius 1 is 1.67 bits per heavy atom. The van der Waals surface area contributed by atoms with E-state index in [-0.39, 0.29) is 11.3 Å². The Morgan fingerprint density at radius 3 is 2.67 bits per heavy atom. The second-order valence-corrected chi connectivity index (χ2v) is 4.07. The van der Waals surface area contributed by atoms with Gasteiger partial charge in [0.1, 0.15) is 0 Å². The van der Waals surface area contributed by atoms with Gasteiger partial charge in [-0.15, -0.1) is 0 Å². The van der Waals surface area contributed by atoms with Gasteiger partial charge in [0.2, 0.25) is 5.91 Å². The summed E-state index contributed by atoms with van der Waals surface area (Å²) in [5, 5.41) is 0. The molecular formula is C10H15NO. The van der Waals surface area contributed by atoms with Crippen molar-refractivity contribution in [3.8, 4) is 0 Å². The highest BCUT2D eigenvalue weighted by Gasteiger charge is 2.50. The summed E-state index contributed by atoms with van der Waals surface area (Å²) in [6.07, 6.45) is 7.45. The van der Waals surface area contributed by atoms with Crippen molar-refractivity contribution in [2.45, 2.75) is 26.2 Å². The third-order valence-corrected chi connectivity index (χ3v) is 3.63. The third kappa shape index (κ3) is 0.780. The average molecular weight is 165 g/mol. The monoisotopic (exact) mass is 165 g/mol. The van der Waals surface area contributed by atoms with Crippen LogP contribution in [0.1, 0.15) is 26.2 Å². The molecule has 2 aliphatic carbocycles. The predicted molar refractivity (Wildman–Crippen MR) is 47.3 cm³/mol. The highest BCUT2D eigenvalue weighted by molar-refractivity contribution is 5.82. The van der Waals surface area contributed by atoms with Crippen LogP contribution in [0.25, 0.3) is 0 Å². The van der Waals surface area contributed by atoms with Crippen LogP contribution in [0.2, 0.25) is 0 Å². The summed E-state index contributed by atoms with van der Waals surface area (Å²) in [5.74, 6) is 0.967. The van der Waals surface area contributed by atoms with Gasteiger partial charge in [-0.05, 0) is 31.1 Å². The van der Waals surface area contributed by atoms with Crippen molar-refractivity contribution < 1.29 is 4.79 Å². The summed E-state index contributed by atoms with van der Waals surface area (Å²) in [7, 11) is 0. The first kappa shape index (κ1) is 7.84. The maximum absolute atomic E-state index is 11.3. The van der Waals surface area contributed by atoms with E-state index in [1.54, 1.807) is 0 Å². The van der Waals surface area contributed by atoms with Crippen molar-refractivity contribution in [3.05, 3.63) is 12.2 Å². The summed E-state index contributed by atoms with van der Waals surface area (Å²) in [4.78, 5) is 11.3. The van der Waals surface area contributed by atoms with Gasteiger partial charge in [-0.1, -0.05) is 19.1 Å². The van der Waals surface area contributed by atoms with Crippen LogP contribution in [0.15, 0.2) is 12.2 Å². The highest BCUT2D eigenvalue weighted by atomic mass is 16.1. The van der Waals surface area contributed by atoms with Crippen LogP contribution in [-0.2, 0) is 4.79 Å². The zero-order valence-corrected chi connectivity index (χ0v) is 7.42. The van der Waals surface area contributed by atoms with E-state index in [2.05, 4.69) is 19.1 Å². The van der Waals surface area contributed by atoms with Gasteiger partial charge in [-0.3, -0.25) is 4.79 Å². The molecule has 2 N–H and O–H groups in total. The molecule has 0 unspecified atom stereocenters. The van der Waals surface area contributed by atoms with Crippen LogP contribution in [0.3, 0.4) is 0 Å². The molecule has 2 rings (SSSR count). The smallest absolute Gasteiger partial charge is 0.224 e. The molecule has 0 aromatic rings. The molecule has 2 bridgehead atoms. The average Bonchev–Trinajstić information content (AvgIpc) is 2.62. The Labute approximate surface area is 72.8 Å². The lowest BCUT2D eigenvalue weighted by Crippen LogP contribution is -2.39. The van der Waals surface area contributed by atoms with Crippen LogP contribution in [0.4, 0.5) is 0 Å². The first-order valence-electron chi connectivity index (χ1n) is 4.67. The third-order valence-electron chi connectivity index (χ3n) is 3.63. The van der Waals surface area contributed by atoms with E-state index in [0.29, 0.717) is 11.8 Å². The van der Waals surface area contributed by atoms with Gasteiger partial charge in [0.15, 0.2) is 0 Å². The van der Waals surface area contributed by atoms with Gasteiger partial charge in [-0.25, -0.2) is 0 Å². The van der Waals surface area contributed by atoms with Crippen LogP contribution >= 0.6 is 0 Å². The van der Waals surface area contributed by atoms with Gasteiger partial charge in [-0.2, -0.15) is 0 Å². The number of allylic oxidation sites excluding steroid dienone is 2. The largest absolute Gasteiger partial charge is 0.369 e. The number of carbonyl (C=O) groups is 1. The Kier molecular flexibility index (Phi) is 1.53. The van der Waals surface area contributed by atoms with E-state index in [9.17, 15) is 4.79 Å². The number of hydrogen-bond acceptors (Lipinski definition) is 1. The fourth-order valence-electron chi connectivity index (χ4n) is 2.82. The molecule has 2 heteroatoms. The quantitative estimate of drug-likeness (QED) is 0.618. The van der Waals surface area contributed by atoms with Crippen LogP contribution in [0.5, 0.6) is 0 Å². The fourth-order valence-corrected chi connectivity index (χ4v) is 2.82. The van der Waals surface area contributed by atoms with Gasteiger partial charge in [0.25, 0.3) is 0 Å². The summed E-state index contributed by atoms with van der Waals surface area (Å²) in [6, 6.07) is 0. The molecule has 1 amide bonds. The molecule has 0 aromatic heterocycles. The molecule has 1 saturated carbocycles. The predicted octanol–water partition coefficient (Wildman–Crippen LogP) is 1.46. The molecule has 2 nitrogen and oxygen atoms in total. The van der Waals surface area contributed by atoms with E-state index >= 15 is 0 Å².